The maximum absolute atomic E-state index is 9.53. The summed E-state index contributed by atoms with van der Waals surface area (Å²) in [6, 6.07) is 18.1. The average Bonchev–Trinajstić information content (AvgIpc) is 3.01. The first kappa shape index (κ1) is 17.1. The Hall–Kier alpha value is -2.76. The Balaban J connectivity index is 2.31. The highest BCUT2D eigenvalue weighted by atomic mass is 79.9. The molecule has 1 aromatic heterocycles. The highest BCUT2D eigenvalue weighted by Gasteiger charge is 2.19. The smallest absolute Gasteiger partial charge is 0.174 e. The maximum Gasteiger partial charge on any atom is 0.174 e. The van der Waals surface area contributed by atoms with Gasteiger partial charge in [0.15, 0.2) is 6.61 Å². The Morgan fingerprint density at radius 2 is 2.00 bits per heavy atom. The van der Waals surface area contributed by atoms with Crippen molar-refractivity contribution < 1.29 is 4.74 Å². The van der Waals surface area contributed by atoms with Crippen LogP contribution in [0.4, 0.5) is 0 Å². The van der Waals surface area contributed by atoms with Crippen LogP contribution < -0.4 is 4.74 Å². The minimum Gasteiger partial charge on any atom is -0.477 e. The maximum atomic E-state index is 9.53. The van der Waals surface area contributed by atoms with E-state index in [1.54, 1.807) is 0 Å². The van der Waals surface area contributed by atoms with Crippen molar-refractivity contribution in [1.82, 2.24) is 4.57 Å². The van der Waals surface area contributed by atoms with Gasteiger partial charge in [0.25, 0.3) is 0 Å². The fourth-order valence-corrected chi connectivity index (χ4v) is 3.38. The van der Waals surface area contributed by atoms with Crippen molar-refractivity contribution in [3.63, 3.8) is 0 Å². The predicted octanol–water partition coefficient (Wildman–Crippen LogP) is 5.31. The molecule has 0 aliphatic heterocycles. The second kappa shape index (κ2) is 7.42. The zero-order valence-corrected chi connectivity index (χ0v) is 15.3. The van der Waals surface area contributed by atoms with Crippen LogP contribution in [0.3, 0.4) is 0 Å². The number of rotatable bonds is 5. The summed E-state index contributed by atoms with van der Waals surface area (Å²) >= 11 is 3.51. The third kappa shape index (κ3) is 3.24. The van der Waals surface area contributed by atoms with Gasteiger partial charge < -0.3 is 9.30 Å². The number of hydrogen-bond acceptors (Lipinski definition) is 3. The van der Waals surface area contributed by atoms with Gasteiger partial charge in [-0.3, -0.25) is 0 Å². The second-order valence-electron chi connectivity index (χ2n) is 5.62. The molecule has 1 atom stereocenters. The molecule has 1 heterocycles. The SMILES string of the molecule is CCC(C#N)c1cn(-c2cccc(Br)c2)c2c(OCC#N)cccc12. The molecule has 0 saturated heterocycles. The zero-order chi connectivity index (χ0) is 17.8. The summed E-state index contributed by atoms with van der Waals surface area (Å²) in [5.74, 6) is 0.445. The van der Waals surface area contributed by atoms with Gasteiger partial charge in [0.1, 0.15) is 11.8 Å². The van der Waals surface area contributed by atoms with Crippen LogP contribution in [0, 0.1) is 22.7 Å². The number of nitrogens with zero attached hydrogens (tertiary/aromatic N) is 3. The van der Waals surface area contributed by atoms with E-state index in [9.17, 15) is 5.26 Å². The lowest BCUT2D eigenvalue weighted by atomic mass is 9.97. The number of hydrogen-bond donors (Lipinski definition) is 0. The van der Waals surface area contributed by atoms with Crippen LogP contribution in [-0.2, 0) is 0 Å². The Labute approximate surface area is 155 Å². The van der Waals surface area contributed by atoms with E-state index in [1.165, 1.54) is 0 Å². The van der Waals surface area contributed by atoms with E-state index in [0.717, 1.165) is 33.0 Å². The topological polar surface area (TPSA) is 61.7 Å². The molecule has 5 heteroatoms. The standard InChI is InChI=1S/C20H16BrN3O/c1-2-14(12-23)18-13-24(16-6-3-5-15(21)11-16)20-17(18)7-4-8-19(20)25-10-9-22/h3-8,11,13-14H,2,10H2,1H3. The molecule has 25 heavy (non-hydrogen) atoms. The fraction of sp³-hybridized carbons (Fsp3) is 0.200. The van der Waals surface area contributed by atoms with Gasteiger partial charge in [0, 0.05) is 21.7 Å². The van der Waals surface area contributed by atoms with Crippen LogP contribution in [0.2, 0.25) is 0 Å². The number of benzene rings is 2. The summed E-state index contributed by atoms with van der Waals surface area (Å²) in [7, 11) is 0. The Morgan fingerprint density at radius 3 is 2.68 bits per heavy atom. The summed E-state index contributed by atoms with van der Waals surface area (Å²) in [4.78, 5) is 0. The van der Waals surface area contributed by atoms with Crippen molar-refractivity contribution in [2.75, 3.05) is 6.61 Å². The van der Waals surface area contributed by atoms with Gasteiger partial charge in [0.05, 0.1) is 17.5 Å². The first-order chi connectivity index (χ1) is 12.2. The summed E-state index contributed by atoms with van der Waals surface area (Å²) in [6.45, 7) is 1.99. The van der Waals surface area contributed by atoms with E-state index in [-0.39, 0.29) is 12.5 Å². The van der Waals surface area contributed by atoms with Gasteiger partial charge >= 0.3 is 0 Å². The molecule has 4 nitrogen and oxygen atoms in total. The van der Waals surface area contributed by atoms with Crippen molar-refractivity contribution in [1.29, 1.82) is 10.5 Å². The third-order valence-electron chi connectivity index (χ3n) is 4.14. The molecule has 0 saturated carbocycles. The lowest BCUT2D eigenvalue weighted by molar-refractivity contribution is 0.371. The van der Waals surface area contributed by atoms with Gasteiger partial charge in [-0.05, 0) is 36.2 Å². The van der Waals surface area contributed by atoms with Crippen LogP contribution >= 0.6 is 15.9 Å². The molecular weight excluding hydrogens is 378 g/mol. The van der Waals surface area contributed by atoms with Crippen molar-refractivity contribution in [3.8, 4) is 23.6 Å². The third-order valence-corrected chi connectivity index (χ3v) is 4.63. The second-order valence-corrected chi connectivity index (χ2v) is 6.54. The molecular formula is C20H16BrN3O. The molecule has 0 fully saturated rings. The van der Waals surface area contributed by atoms with E-state index in [0.29, 0.717) is 5.75 Å². The van der Waals surface area contributed by atoms with E-state index >= 15 is 0 Å². The zero-order valence-electron chi connectivity index (χ0n) is 13.7. The summed E-state index contributed by atoms with van der Waals surface area (Å²) in [5, 5.41) is 19.4. The van der Waals surface area contributed by atoms with E-state index in [4.69, 9.17) is 10.00 Å². The van der Waals surface area contributed by atoms with Crippen LogP contribution in [0.15, 0.2) is 53.1 Å². The number of nitriles is 2. The molecule has 0 N–H and O–H groups in total. The molecule has 3 rings (SSSR count). The summed E-state index contributed by atoms with van der Waals surface area (Å²) in [6.07, 6.45) is 2.74. The lowest BCUT2D eigenvalue weighted by Crippen LogP contribution is -1.98. The molecule has 0 spiro atoms. The predicted molar refractivity (Wildman–Crippen MR) is 101 cm³/mol. The van der Waals surface area contributed by atoms with Crippen molar-refractivity contribution >= 4 is 26.8 Å². The lowest BCUT2D eigenvalue weighted by Gasteiger charge is -2.10. The molecule has 124 valence electrons. The van der Waals surface area contributed by atoms with Gasteiger partial charge in [0.2, 0.25) is 0 Å². The van der Waals surface area contributed by atoms with Gasteiger partial charge in [-0.25, -0.2) is 0 Å². The van der Waals surface area contributed by atoms with Crippen LogP contribution in [-0.4, -0.2) is 11.2 Å². The molecule has 0 radical (unpaired) electrons. The van der Waals surface area contributed by atoms with Gasteiger partial charge in [-0.2, -0.15) is 10.5 Å². The number of ether oxygens (including phenoxy) is 1. The average molecular weight is 394 g/mol. The van der Waals surface area contributed by atoms with Gasteiger partial charge in [-0.1, -0.05) is 41.1 Å². The summed E-state index contributed by atoms with van der Waals surface area (Å²) in [5.41, 5.74) is 2.81. The highest BCUT2D eigenvalue weighted by molar-refractivity contribution is 9.10. The molecule has 0 aliphatic carbocycles. The molecule has 2 aromatic carbocycles. The quantitative estimate of drug-likeness (QED) is 0.589. The molecule has 0 amide bonds. The van der Waals surface area contributed by atoms with Crippen LogP contribution in [0.5, 0.6) is 5.75 Å². The van der Waals surface area contributed by atoms with E-state index < -0.39 is 0 Å². The molecule has 3 aromatic rings. The number of aromatic nitrogens is 1. The molecule has 0 aliphatic rings. The summed E-state index contributed by atoms with van der Waals surface area (Å²) < 4.78 is 8.64. The largest absolute Gasteiger partial charge is 0.477 e. The number of halogens is 1. The minimum absolute atomic E-state index is 0.0203. The number of para-hydroxylation sites is 1. The first-order valence-electron chi connectivity index (χ1n) is 7.98. The van der Waals surface area contributed by atoms with Crippen molar-refractivity contribution in [2.24, 2.45) is 0 Å². The van der Waals surface area contributed by atoms with Crippen molar-refractivity contribution in [3.05, 3.63) is 58.7 Å². The molecule has 1 unspecified atom stereocenters. The van der Waals surface area contributed by atoms with E-state index in [2.05, 4.69) is 22.0 Å². The highest BCUT2D eigenvalue weighted by Crippen LogP contribution is 2.36. The van der Waals surface area contributed by atoms with Gasteiger partial charge in [-0.15, -0.1) is 0 Å². The minimum atomic E-state index is -0.192. The first-order valence-corrected chi connectivity index (χ1v) is 8.78. The fourth-order valence-electron chi connectivity index (χ4n) is 2.99. The number of fused-ring (bicyclic) bond motifs is 1. The van der Waals surface area contributed by atoms with Crippen LogP contribution in [0.1, 0.15) is 24.8 Å². The Bertz CT molecular complexity index is 994. The van der Waals surface area contributed by atoms with Crippen LogP contribution in [0.25, 0.3) is 16.6 Å². The normalized spacial score (nSPS) is 11.7. The monoisotopic (exact) mass is 393 g/mol. The Morgan fingerprint density at radius 1 is 1.20 bits per heavy atom. The Kier molecular flexibility index (Phi) is 5.07. The van der Waals surface area contributed by atoms with Crippen molar-refractivity contribution in [2.45, 2.75) is 19.3 Å². The van der Waals surface area contributed by atoms with E-state index in [1.807, 2.05) is 66.2 Å². The molecule has 0 bridgehead atoms.